The summed E-state index contributed by atoms with van der Waals surface area (Å²) in [6, 6.07) is 2.06. The van der Waals surface area contributed by atoms with Crippen LogP contribution in [0.1, 0.15) is 17.4 Å². The highest BCUT2D eigenvalue weighted by Crippen LogP contribution is 2.05. The SMILES string of the molecule is CC(C#N)CN(C)C(=O)c1cncc(NN)n1. The van der Waals surface area contributed by atoms with Gasteiger partial charge in [0.1, 0.15) is 5.69 Å². The van der Waals surface area contributed by atoms with Crippen molar-refractivity contribution in [3.8, 4) is 6.07 Å². The first-order chi connectivity index (χ1) is 8.08. The molecule has 0 radical (unpaired) electrons. The van der Waals surface area contributed by atoms with E-state index < -0.39 is 0 Å². The number of nitrogen functional groups attached to an aromatic ring is 1. The molecule has 17 heavy (non-hydrogen) atoms. The molecule has 90 valence electrons. The first-order valence-electron chi connectivity index (χ1n) is 5.02. The Morgan fingerprint density at radius 3 is 3.00 bits per heavy atom. The van der Waals surface area contributed by atoms with Gasteiger partial charge in [-0.05, 0) is 6.92 Å². The number of amides is 1. The van der Waals surface area contributed by atoms with Crippen molar-refractivity contribution in [2.24, 2.45) is 11.8 Å². The normalized spacial score (nSPS) is 11.4. The average molecular weight is 234 g/mol. The first kappa shape index (κ1) is 12.9. The van der Waals surface area contributed by atoms with Crippen molar-refractivity contribution < 1.29 is 4.79 Å². The average Bonchev–Trinajstić information content (AvgIpc) is 2.37. The lowest BCUT2D eigenvalue weighted by molar-refractivity contribution is 0.0779. The number of rotatable bonds is 4. The maximum atomic E-state index is 11.9. The molecule has 7 nitrogen and oxygen atoms in total. The van der Waals surface area contributed by atoms with Crippen molar-refractivity contribution in [2.45, 2.75) is 6.92 Å². The second-order valence-electron chi connectivity index (χ2n) is 3.65. The van der Waals surface area contributed by atoms with Gasteiger partial charge in [0.25, 0.3) is 5.91 Å². The summed E-state index contributed by atoms with van der Waals surface area (Å²) in [6.45, 7) is 2.09. The first-order valence-corrected chi connectivity index (χ1v) is 5.02. The molecular weight excluding hydrogens is 220 g/mol. The molecule has 0 saturated carbocycles. The number of nitrogens with zero attached hydrogens (tertiary/aromatic N) is 4. The summed E-state index contributed by atoms with van der Waals surface area (Å²) in [5.74, 6) is 4.97. The number of nitriles is 1. The third-order valence-corrected chi connectivity index (χ3v) is 2.12. The van der Waals surface area contributed by atoms with Crippen LogP contribution in [0, 0.1) is 17.2 Å². The number of hydrogen-bond acceptors (Lipinski definition) is 6. The van der Waals surface area contributed by atoms with Crippen molar-refractivity contribution in [3.63, 3.8) is 0 Å². The van der Waals surface area contributed by atoms with Crippen LogP contribution in [-0.2, 0) is 0 Å². The molecule has 0 spiro atoms. The number of hydrazine groups is 1. The van der Waals surface area contributed by atoms with E-state index in [1.165, 1.54) is 17.3 Å². The number of carbonyl (C=O) groups is 1. The summed E-state index contributed by atoms with van der Waals surface area (Å²) in [5.41, 5.74) is 2.50. The molecule has 1 aromatic rings. The predicted molar refractivity (Wildman–Crippen MR) is 61.6 cm³/mol. The molecule has 1 amide bonds. The van der Waals surface area contributed by atoms with Gasteiger partial charge in [-0.15, -0.1) is 0 Å². The highest BCUT2D eigenvalue weighted by atomic mass is 16.2. The van der Waals surface area contributed by atoms with Crippen LogP contribution in [0.15, 0.2) is 12.4 Å². The van der Waals surface area contributed by atoms with E-state index in [0.717, 1.165) is 0 Å². The highest BCUT2D eigenvalue weighted by Gasteiger charge is 2.16. The minimum Gasteiger partial charge on any atom is -0.339 e. The van der Waals surface area contributed by atoms with E-state index in [9.17, 15) is 4.79 Å². The van der Waals surface area contributed by atoms with Crippen LogP contribution in [0.5, 0.6) is 0 Å². The van der Waals surface area contributed by atoms with Crippen molar-refractivity contribution in [3.05, 3.63) is 18.1 Å². The fraction of sp³-hybridized carbons (Fsp3) is 0.400. The van der Waals surface area contributed by atoms with Crippen LogP contribution in [-0.4, -0.2) is 34.4 Å². The maximum Gasteiger partial charge on any atom is 0.273 e. The molecule has 1 heterocycles. The summed E-state index contributed by atoms with van der Waals surface area (Å²) >= 11 is 0. The summed E-state index contributed by atoms with van der Waals surface area (Å²) in [5, 5.41) is 8.68. The number of aromatic nitrogens is 2. The van der Waals surface area contributed by atoms with Crippen LogP contribution in [0.2, 0.25) is 0 Å². The molecular formula is C10H14N6O. The second kappa shape index (κ2) is 5.77. The number of carbonyl (C=O) groups excluding carboxylic acids is 1. The Morgan fingerprint density at radius 1 is 1.71 bits per heavy atom. The van der Waals surface area contributed by atoms with Gasteiger partial charge in [-0.2, -0.15) is 5.26 Å². The Balaban J connectivity index is 2.78. The maximum absolute atomic E-state index is 11.9. The third kappa shape index (κ3) is 3.39. The number of nitrogens with two attached hydrogens (primary N) is 1. The fourth-order valence-corrected chi connectivity index (χ4v) is 1.27. The molecule has 3 N–H and O–H groups in total. The lowest BCUT2D eigenvalue weighted by atomic mass is 10.2. The van der Waals surface area contributed by atoms with E-state index in [0.29, 0.717) is 12.4 Å². The van der Waals surface area contributed by atoms with Crippen molar-refractivity contribution >= 4 is 11.7 Å². The van der Waals surface area contributed by atoms with E-state index in [1.54, 1.807) is 14.0 Å². The van der Waals surface area contributed by atoms with E-state index in [1.807, 2.05) is 0 Å². The van der Waals surface area contributed by atoms with Gasteiger partial charge in [-0.25, -0.2) is 10.8 Å². The molecule has 0 aliphatic heterocycles. The topological polar surface area (TPSA) is 108 Å². The molecule has 0 aliphatic carbocycles. The van der Waals surface area contributed by atoms with Crippen LogP contribution in [0.4, 0.5) is 5.82 Å². The fourth-order valence-electron chi connectivity index (χ4n) is 1.27. The zero-order chi connectivity index (χ0) is 12.8. The van der Waals surface area contributed by atoms with Crippen molar-refractivity contribution in [1.29, 1.82) is 5.26 Å². The Bertz CT molecular complexity index is 441. The molecule has 1 atom stereocenters. The molecule has 0 saturated heterocycles. The van der Waals surface area contributed by atoms with E-state index >= 15 is 0 Å². The number of nitrogens with one attached hydrogen (secondary N) is 1. The molecule has 1 unspecified atom stereocenters. The zero-order valence-electron chi connectivity index (χ0n) is 9.71. The van der Waals surface area contributed by atoms with Crippen LogP contribution < -0.4 is 11.3 Å². The van der Waals surface area contributed by atoms with Crippen LogP contribution in [0.25, 0.3) is 0 Å². The zero-order valence-corrected chi connectivity index (χ0v) is 9.71. The number of hydrogen-bond donors (Lipinski definition) is 2. The smallest absolute Gasteiger partial charge is 0.273 e. The lowest BCUT2D eigenvalue weighted by Crippen LogP contribution is -2.31. The monoisotopic (exact) mass is 234 g/mol. The molecule has 0 bridgehead atoms. The molecule has 0 aliphatic rings. The van der Waals surface area contributed by atoms with Gasteiger partial charge < -0.3 is 10.3 Å². The van der Waals surface area contributed by atoms with E-state index in [4.69, 9.17) is 11.1 Å². The molecule has 1 rings (SSSR count). The lowest BCUT2D eigenvalue weighted by Gasteiger charge is -2.17. The van der Waals surface area contributed by atoms with Crippen LogP contribution in [0.3, 0.4) is 0 Å². The van der Waals surface area contributed by atoms with Gasteiger partial charge in [0.05, 0.1) is 24.4 Å². The standard InChI is InChI=1S/C10H14N6O/c1-7(3-11)6-16(2)10(17)8-4-13-5-9(14-8)15-12/h4-5,7H,6,12H2,1-2H3,(H,14,15). The van der Waals surface area contributed by atoms with Gasteiger partial charge in [0.15, 0.2) is 5.82 Å². The minimum absolute atomic E-state index is 0.188. The summed E-state index contributed by atoms with van der Waals surface area (Å²) in [6.07, 6.45) is 2.77. The summed E-state index contributed by atoms with van der Waals surface area (Å²) in [7, 11) is 1.61. The van der Waals surface area contributed by atoms with Crippen LogP contribution >= 0.6 is 0 Å². The second-order valence-corrected chi connectivity index (χ2v) is 3.65. The Morgan fingerprint density at radius 2 is 2.41 bits per heavy atom. The summed E-state index contributed by atoms with van der Waals surface area (Å²) in [4.78, 5) is 21.2. The van der Waals surface area contributed by atoms with Crippen molar-refractivity contribution in [2.75, 3.05) is 19.0 Å². The number of anilines is 1. The Hall–Kier alpha value is -2.20. The molecule has 1 aromatic heterocycles. The van der Waals surface area contributed by atoms with Gasteiger partial charge >= 0.3 is 0 Å². The van der Waals surface area contributed by atoms with Gasteiger partial charge in [0, 0.05) is 13.6 Å². The highest BCUT2D eigenvalue weighted by molar-refractivity contribution is 5.92. The van der Waals surface area contributed by atoms with Gasteiger partial charge in [-0.3, -0.25) is 9.78 Å². The van der Waals surface area contributed by atoms with Crippen molar-refractivity contribution in [1.82, 2.24) is 14.9 Å². The Labute approximate surface area is 99.2 Å². The minimum atomic E-state index is -0.295. The molecule has 7 heteroatoms. The largest absolute Gasteiger partial charge is 0.339 e. The molecule has 0 aromatic carbocycles. The summed E-state index contributed by atoms with van der Waals surface area (Å²) < 4.78 is 0. The van der Waals surface area contributed by atoms with Gasteiger partial charge in [0.2, 0.25) is 0 Å². The van der Waals surface area contributed by atoms with Gasteiger partial charge in [-0.1, -0.05) is 0 Å². The predicted octanol–water partition coefficient (Wildman–Crippen LogP) is -0.00612. The molecule has 0 fully saturated rings. The Kier molecular flexibility index (Phi) is 4.37. The third-order valence-electron chi connectivity index (χ3n) is 2.12. The van der Waals surface area contributed by atoms with E-state index in [2.05, 4.69) is 21.5 Å². The quantitative estimate of drug-likeness (QED) is 0.560. The van der Waals surface area contributed by atoms with E-state index in [-0.39, 0.29) is 17.5 Å².